The van der Waals surface area contributed by atoms with Gasteiger partial charge in [-0.05, 0) is 34.0 Å². The third-order valence-corrected chi connectivity index (χ3v) is 3.24. The topological polar surface area (TPSA) is 24.5 Å². The summed E-state index contributed by atoms with van der Waals surface area (Å²) < 4.78 is 5.38. The molecule has 0 fully saturated rings. The van der Waals surface area contributed by atoms with Gasteiger partial charge in [0, 0.05) is 24.2 Å². The Morgan fingerprint density at radius 2 is 1.94 bits per heavy atom. The molecule has 0 aliphatic carbocycles. The lowest BCUT2D eigenvalue weighted by Gasteiger charge is -2.35. The fourth-order valence-corrected chi connectivity index (χ4v) is 1.87. The van der Waals surface area contributed by atoms with E-state index >= 15 is 0 Å². The highest BCUT2D eigenvalue weighted by atomic mass is 16.5. The lowest BCUT2D eigenvalue weighted by Crippen LogP contribution is -2.47. The normalized spacial score (nSPS) is 11.9. The zero-order valence-electron chi connectivity index (χ0n) is 11.6. The average molecular weight is 236 g/mol. The van der Waals surface area contributed by atoms with E-state index in [2.05, 4.69) is 43.2 Å². The summed E-state index contributed by atoms with van der Waals surface area (Å²) in [7, 11) is 5.85. The van der Waals surface area contributed by atoms with Gasteiger partial charge in [0.25, 0.3) is 0 Å². The summed E-state index contributed by atoms with van der Waals surface area (Å²) >= 11 is 0. The fraction of sp³-hybridized carbons (Fsp3) is 0.571. The van der Waals surface area contributed by atoms with Crippen LogP contribution in [0.2, 0.25) is 0 Å². The highest BCUT2D eigenvalue weighted by molar-refractivity contribution is 5.33. The second-order valence-electron chi connectivity index (χ2n) is 5.01. The van der Waals surface area contributed by atoms with Gasteiger partial charge in [0.05, 0.1) is 7.11 Å². The van der Waals surface area contributed by atoms with Crippen molar-refractivity contribution in [3.8, 4) is 5.75 Å². The molecule has 3 heteroatoms. The summed E-state index contributed by atoms with van der Waals surface area (Å²) in [6.07, 6.45) is 0. The van der Waals surface area contributed by atoms with Crippen LogP contribution in [0, 0.1) is 0 Å². The van der Waals surface area contributed by atoms with E-state index in [1.165, 1.54) is 5.56 Å². The molecule has 0 heterocycles. The number of para-hydroxylation sites is 1. The summed E-state index contributed by atoms with van der Waals surface area (Å²) in [5.41, 5.74) is 1.34. The van der Waals surface area contributed by atoms with Crippen molar-refractivity contribution in [2.24, 2.45) is 0 Å². The second-order valence-corrected chi connectivity index (χ2v) is 5.01. The molecular formula is C14H24N2O. The third-order valence-electron chi connectivity index (χ3n) is 3.24. The SMILES string of the molecule is CNCC(C)(C)N(C)Cc1ccccc1OC. The quantitative estimate of drug-likeness (QED) is 0.819. The van der Waals surface area contributed by atoms with E-state index < -0.39 is 0 Å². The molecule has 17 heavy (non-hydrogen) atoms. The predicted molar refractivity (Wildman–Crippen MR) is 72.5 cm³/mol. The van der Waals surface area contributed by atoms with Crippen LogP contribution in [0.4, 0.5) is 0 Å². The molecule has 0 saturated heterocycles. The molecule has 0 atom stereocenters. The molecule has 96 valence electrons. The standard InChI is InChI=1S/C14H24N2O/c1-14(2,11-15-3)16(4)10-12-8-6-7-9-13(12)17-5/h6-9,15H,10-11H2,1-5H3. The first-order chi connectivity index (χ1) is 8.01. The van der Waals surface area contributed by atoms with Gasteiger partial charge in [-0.3, -0.25) is 4.90 Å². The molecule has 0 unspecified atom stereocenters. The number of nitrogens with one attached hydrogen (secondary N) is 1. The van der Waals surface area contributed by atoms with Crippen molar-refractivity contribution in [2.45, 2.75) is 25.9 Å². The Bertz CT molecular complexity index is 350. The van der Waals surface area contributed by atoms with Gasteiger partial charge in [-0.2, -0.15) is 0 Å². The van der Waals surface area contributed by atoms with Gasteiger partial charge in [-0.1, -0.05) is 18.2 Å². The molecule has 1 rings (SSSR count). The maximum atomic E-state index is 5.38. The zero-order valence-corrected chi connectivity index (χ0v) is 11.6. The molecule has 0 saturated carbocycles. The molecule has 0 radical (unpaired) electrons. The lowest BCUT2D eigenvalue weighted by atomic mass is 10.0. The maximum Gasteiger partial charge on any atom is 0.123 e. The molecule has 0 aliphatic heterocycles. The summed E-state index contributed by atoms with van der Waals surface area (Å²) in [5, 5.41) is 3.23. The number of benzene rings is 1. The van der Waals surface area contributed by atoms with Crippen LogP contribution >= 0.6 is 0 Å². The molecule has 0 amide bonds. The maximum absolute atomic E-state index is 5.38. The number of hydrogen-bond donors (Lipinski definition) is 1. The van der Waals surface area contributed by atoms with Crippen LogP contribution in [-0.2, 0) is 6.54 Å². The van der Waals surface area contributed by atoms with Crippen molar-refractivity contribution in [1.29, 1.82) is 0 Å². The Labute approximate surface area is 105 Å². The summed E-state index contributed by atoms with van der Waals surface area (Å²) in [6, 6.07) is 8.18. The molecule has 3 nitrogen and oxygen atoms in total. The number of ether oxygens (including phenoxy) is 1. The molecule has 1 aromatic carbocycles. The van der Waals surface area contributed by atoms with E-state index in [4.69, 9.17) is 4.74 Å². The van der Waals surface area contributed by atoms with Crippen LogP contribution in [0.25, 0.3) is 0 Å². The minimum absolute atomic E-state index is 0.121. The van der Waals surface area contributed by atoms with Crippen LogP contribution in [0.3, 0.4) is 0 Å². The molecule has 0 spiro atoms. The Morgan fingerprint density at radius 3 is 2.53 bits per heavy atom. The first-order valence-electron chi connectivity index (χ1n) is 5.99. The average Bonchev–Trinajstić information content (AvgIpc) is 2.29. The van der Waals surface area contributed by atoms with E-state index in [0.29, 0.717) is 0 Å². The van der Waals surface area contributed by atoms with E-state index in [0.717, 1.165) is 18.8 Å². The van der Waals surface area contributed by atoms with Crippen LogP contribution in [0.5, 0.6) is 5.75 Å². The van der Waals surface area contributed by atoms with E-state index in [1.807, 2.05) is 19.2 Å². The molecule has 1 N–H and O–H groups in total. The number of methoxy groups -OCH3 is 1. The van der Waals surface area contributed by atoms with Crippen molar-refractivity contribution in [3.05, 3.63) is 29.8 Å². The van der Waals surface area contributed by atoms with E-state index in [1.54, 1.807) is 7.11 Å². The summed E-state index contributed by atoms with van der Waals surface area (Å²) in [4.78, 5) is 2.33. The fourth-order valence-electron chi connectivity index (χ4n) is 1.87. The predicted octanol–water partition coefficient (Wildman–Crippen LogP) is 2.12. The first-order valence-corrected chi connectivity index (χ1v) is 5.99. The third kappa shape index (κ3) is 3.72. The number of nitrogens with zero attached hydrogens (tertiary/aromatic N) is 1. The number of hydrogen-bond acceptors (Lipinski definition) is 3. The minimum Gasteiger partial charge on any atom is -0.496 e. The summed E-state index contributed by atoms with van der Waals surface area (Å²) in [6.45, 7) is 6.31. The van der Waals surface area contributed by atoms with Crippen LogP contribution in [-0.4, -0.2) is 38.2 Å². The smallest absolute Gasteiger partial charge is 0.123 e. The molecular weight excluding hydrogens is 212 g/mol. The number of likely N-dealkylation sites (N-methyl/N-ethyl adjacent to an activating group) is 2. The Kier molecular flexibility index (Phi) is 4.97. The largest absolute Gasteiger partial charge is 0.496 e. The van der Waals surface area contributed by atoms with Gasteiger partial charge in [0.2, 0.25) is 0 Å². The zero-order chi connectivity index (χ0) is 12.9. The Morgan fingerprint density at radius 1 is 1.29 bits per heavy atom. The van der Waals surface area contributed by atoms with Crippen molar-refractivity contribution in [3.63, 3.8) is 0 Å². The van der Waals surface area contributed by atoms with Crippen LogP contribution in [0.1, 0.15) is 19.4 Å². The first kappa shape index (κ1) is 14.0. The van der Waals surface area contributed by atoms with Gasteiger partial charge >= 0.3 is 0 Å². The Balaban J connectivity index is 2.76. The van der Waals surface area contributed by atoms with Gasteiger partial charge in [0.1, 0.15) is 5.75 Å². The molecule has 0 aliphatic rings. The van der Waals surface area contributed by atoms with Gasteiger partial charge in [-0.25, -0.2) is 0 Å². The van der Waals surface area contributed by atoms with Crippen molar-refractivity contribution < 1.29 is 4.74 Å². The van der Waals surface area contributed by atoms with Crippen molar-refractivity contribution in [1.82, 2.24) is 10.2 Å². The number of rotatable bonds is 6. The van der Waals surface area contributed by atoms with Gasteiger partial charge in [0.15, 0.2) is 0 Å². The second kappa shape index (κ2) is 6.03. The van der Waals surface area contributed by atoms with Crippen molar-refractivity contribution in [2.75, 3.05) is 27.7 Å². The van der Waals surface area contributed by atoms with Gasteiger partial charge in [-0.15, -0.1) is 0 Å². The van der Waals surface area contributed by atoms with E-state index in [9.17, 15) is 0 Å². The highest BCUT2D eigenvalue weighted by Crippen LogP contribution is 2.22. The van der Waals surface area contributed by atoms with E-state index in [-0.39, 0.29) is 5.54 Å². The lowest BCUT2D eigenvalue weighted by molar-refractivity contribution is 0.146. The van der Waals surface area contributed by atoms with Crippen LogP contribution < -0.4 is 10.1 Å². The van der Waals surface area contributed by atoms with Crippen LogP contribution in [0.15, 0.2) is 24.3 Å². The monoisotopic (exact) mass is 236 g/mol. The minimum atomic E-state index is 0.121. The molecule has 0 bridgehead atoms. The highest BCUT2D eigenvalue weighted by Gasteiger charge is 2.23. The Hall–Kier alpha value is -1.06. The van der Waals surface area contributed by atoms with Crippen molar-refractivity contribution >= 4 is 0 Å². The molecule has 1 aromatic rings. The van der Waals surface area contributed by atoms with Gasteiger partial charge < -0.3 is 10.1 Å². The molecule has 0 aromatic heterocycles. The summed E-state index contributed by atoms with van der Waals surface area (Å²) in [5.74, 6) is 0.958.